The van der Waals surface area contributed by atoms with Gasteiger partial charge in [-0.05, 0) is 25.5 Å². The van der Waals surface area contributed by atoms with E-state index in [2.05, 4.69) is 6.92 Å². The summed E-state index contributed by atoms with van der Waals surface area (Å²) in [5.41, 5.74) is 1.52. The number of hydrogen-bond acceptors (Lipinski definition) is 3. The highest BCUT2D eigenvalue weighted by Gasteiger charge is 2.13. The fraction of sp³-hybridized carbons (Fsp3) is 0.462. The molecule has 0 unspecified atom stereocenters. The van der Waals surface area contributed by atoms with Crippen LogP contribution in [0.25, 0.3) is 0 Å². The molecule has 1 aromatic rings. The van der Waals surface area contributed by atoms with Gasteiger partial charge in [-0.1, -0.05) is 25.0 Å². The molecule has 0 aromatic heterocycles. The van der Waals surface area contributed by atoms with Gasteiger partial charge >= 0.3 is 5.97 Å². The van der Waals surface area contributed by atoms with Crippen LogP contribution in [0.2, 0.25) is 0 Å². The van der Waals surface area contributed by atoms with Gasteiger partial charge in [0.25, 0.3) is 0 Å². The molecule has 0 aliphatic rings. The van der Waals surface area contributed by atoms with Crippen LogP contribution in [-0.4, -0.2) is 19.7 Å². The lowest BCUT2D eigenvalue weighted by molar-refractivity contribution is 0.0496. The third-order valence-electron chi connectivity index (χ3n) is 2.31. The van der Waals surface area contributed by atoms with Crippen LogP contribution in [0.1, 0.15) is 35.7 Å². The molecule has 3 nitrogen and oxygen atoms in total. The Kier molecular flexibility index (Phi) is 4.83. The summed E-state index contributed by atoms with van der Waals surface area (Å²) in [6.07, 6.45) is 1.90. The number of benzene rings is 1. The predicted octanol–water partition coefficient (Wildman–Crippen LogP) is 2.96. The Bertz CT molecular complexity index is 358. The number of esters is 1. The molecule has 0 atom stereocenters. The average Bonchev–Trinajstić information content (AvgIpc) is 2.29. The maximum absolute atomic E-state index is 11.7. The highest BCUT2D eigenvalue weighted by Crippen LogP contribution is 2.20. The maximum Gasteiger partial charge on any atom is 0.341 e. The molecule has 3 heteroatoms. The summed E-state index contributed by atoms with van der Waals surface area (Å²) in [7, 11) is 1.55. The molecule has 0 aliphatic heterocycles. The maximum atomic E-state index is 11.7. The highest BCUT2D eigenvalue weighted by molar-refractivity contribution is 5.92. The first-order chi connectivity index (χ1) is 7.69. The predicted molar refractivity (Wildman–Crippen MR) is 62.9 cm³/mol. The lowest BCUT2D eigenvalue weighted by atomic mass is 10.1. The molecular weight excluding hydrogens is 204 g/mol. The van der Waals surface area contributed by atoms with Gasteiger partial charge in [-0.15, -0.1) is 0 Å². The van der Waals surface area contributed by atoms with Crippen molar-refractivity contribution in [3.63, 3.8) is 0 Å². The van der Waals surface area contributed by atoms with E-state index in [0.29, 0.717) is 17.9 Å². The zero-order valence-electron chi connectivity index (χ0n) is 10.1. The van der Waals surface area contributed by atoms with Crippen molar-refractivity contribution in [2.24, 2.45) is 0 Å². The van der Waals surface area contributed by atoms with E-state index in [9.17, 15) is 4.79 Å². The summed E-state index contributed by atoms with van der Waals surface area (Å²) in [4.78, 5) is 11.7. The highest BCUT2D eigenvalue weighted by atomic mass is 16.5. The zero-order valence-corrected chi connectivity index (χ0v) is 10.1. The Morgan fingerprint density at radius 2 is 2.12 bits per heavy atom. The Labute approximate surface area is 96.4 Å². The molecule has 0 fully saturated rings. The zero-order chi connectivity index (χ0) is 12.0. The van der Waals surface area contributed by atoms with E-state index in [0.717, 1.165) is 18.4 Å². The van der Waals surface area contributed by atoms with Crippen LogP contribution in [0, 0.1) is 6.92 Å². The van der Waals surface area contributed by atoms with Crippen molar-refractivity contribution in [1.29, 1.82) is 0 Å². The summed E-state index contributed by atoms with van der Waals surface area (Å²) in [5, 5.41) is 0. The third-order valence-corrected chi connectivity index (χ3v) is 2.31. The van der Waals surface area contributed by atoms with E-state index in [4.69, 9.17) is 9.47 Å². The van der Waals surface area contributed by atoms with Gasteiger partial charge < -0.3 is 9.47 Å². The van der Waals surface area contributed by atoms with Crippen molar-refractivity contribution in [3.8, 4) is 5.75 Å². The van der Waals surface area contributed by atoms with Gasteiger partial charge in [-0.25, -0.2) is 4.79 Å². The number of unbranched alkanes of at least 4 members (excludes halogenated alkanes) is 1. The summed E-state index contributed by atoms with van der Waals surface area (Å²) < 4.78 is 10.3. The number of ether oxygens (including phenoxy) is 2. The number of hydrogen-bond donors (Lipinski definition) is 0. The van der Waals surface area contributed by atoms with Crippen LogP contribution < -0.4 is 4.74 Å². The molecule has 0 N–H and O–H groups in total. The van der Waals surface area contributed by atoms with Gasteiger partial charge in [0, 0.05) is 0 Å². The van der Waals surface area contributed by atoms with Crippen LogP contribution >= 0.6 is 0 Å². The van der Waals surface area contributed by atoms with Gasteiger partial charge in [-0.2, -0.15) is 0 Å². The smallest absolute Gasteiger partial charge is 0.341 e. The van der Waals surface area contributed by atoms with Crippen molar-refractivity contribution in [2.75, 3.05) is 13.7 Å². The second kappa shape index (κ2) is 6.16. The Balaban J connectivity index is 2.76. The normalized spacial score (nSPS) is 9.94. The molecule has 16 heavy (non-hydrogen) atoms. The van der Waals surface area contributed by atoms with Crippen molar-refractivity contribution in [2.45, 2.75) is 26.7 Å². The van der Waals surface area contributed by atoms with E-state index < -0.39 is 0 Å². The molecular formula is C13H18O3. The standard InChI is InChI=1S/C13H18O3/c1-4-5-8-16-13(14)11-9-10(2)6-7-12(11)15-3/h6-7,9H,4-5,8H2,1-3H3. The Morgan fingerprint density at radius 3 is 2.75 bits per heavy atom. The number of carbonyl (C=O) groups is 1. The molecule has 1 aromatic carbocycles. The van der Waals surface area contributed by atoms with Crippen LogP contribution in [0.4, 0.5) is 0 Å². The summed E-state index contributed by atoms with van der Waals surface area (Å²) >= 11 is 0. The quantitative estimate of drug-likeness (QED) is 0.567. The van der Waals surface area contributed by atoms with Crippen molar-refractivity contribution < 1.29 is 14.3 Å². The number of rotatable bonds is 5. The molecule has 0 bridgehead atoms. The summed E-state index contributed by atoms with van der Waals surface area (Å²) in [5.74, 6) is 0.251. The first-order valence-corrected chi connectivity index (χ1v) is 5.50. The van der Waals surface area contributed by atoms with Crippen molar-refractivity contribution in [3.05, 3.63) is 29.3 Å². The SMILES string of the molecule is CCCCOC(=O)c1cc(C)ccc1OC. The van der Waals surface area contributed by atoms with Crippen LogP contribution in [0.5, 0.6) is 5.75 Å². The first-order valence-electron chi connectivity index (χ1n) is 5.50. The molecule has 0 saturated carbocycles. The number of aryl methyl sites for hydroxylation is 1. The molecule has 88 valence electrons. The van der Waals surface area contributed by atoms with Crippen molar-refractivity contribution in [1.82, 2.24) is 0 Å². The minimum Gasteiger partial charge on any atom is -0.496 e. The minimum atomic E-state index is -0.311. The minimum absolute atomic E-state index is 0.311. The molecule has 0 saturated heterocycles. The fourth-order valence-electron chi connectivity index (χ4n) is 1.37. The molecule has 0 radical (unpaired) electrons. The Hall–Kier alpha value is -1.51. The van der Waals surface area contributed by atoms with Gasteiger partial charge in [0.05, 0.1) is 13.7 Å². The van der Waals surface area contributed by atoms with Gasteiger partial charge in [0.2, 0.25) is 0 Å². The van der Waals surface area contributed by atoms with Gasteiger partial charge in [-0.3, -0.25) is 0 Å². The molecule has 0 heterocycles. The lowest BCUT2D eigenvalue weighted by Gasteiger charge is -2.09. The lowest BCUT2D eigenvalue weighted by Crippen LogP contribution is -2.08. The summed E-state index contributed by atoms with van der Waals surface area (Å²) in [6, 6.07) is 5.47. The molecule has 0 aliphatic carbocycles. The molecule has 0 spiro atoms. The van der Waals surface area contributed by atoms with Crippen molar-refractivity contribution >= 4 is 5.97 Å². The van der Waals surface area contributed by atoms with E-state index in [1.807, 2.05) is 13.0 Å². The fourth-order valence-corrected chi connectivity index (χ4v) is 1.37. The topological polar surface area (TPSA) is 35.5 Å². The molecule has 1 rings (SSSR count). The van der Waals surface area contributed by atoms with Crippen LogP contribution in [-0.2, 0) is 4.74 Å². The number of methoxy groups -OCH3 is 1. The monoisotopic (exact) mass is 222 g/mol. The number of carbonyl (C=O) groups excluding carboxylic acids is 1. The average molecular weight is 222 g/mol. The second-order valence-electron chi connectivity index (χ2n) is 3.69. The Morgan fingerprint density at radius 1 is 1.38 bits per heavy atom. The van der Waals surface area contributed by atoms with Gasteiger partial charge in [0.1, 0.15) is 11.3 Å². The summed E-state index contributed by atoms with van der Waals surface area (Å²) in [6.45, 7) is 4.45. The third kappa shape index (κ3) is 3.26. The van der Waals surface area contributed by atoms with Gasteiger partial charge in [0.15, 0.2) is 0 Å². The second-order valence-corrected chi connectivity index (χ2v) is 3.69. The van der Waals surface area contributed by atoms with Crippen LogP contribution in [0.15, 0.2) is 18.2 Å². The largest absolute Gasteiger partial charge is 0.496 e. The first kappa shape index (κ1) is 12.6. The van der Waals surface area contributed by atoms with E-state index in [-0.39, 0.29) is 5.97 Å². The van der Waals surface area contributed by atoms with Crippen LogP contribution in [0.3, 0.4) is 0 Å². The van der Waals surface area contributed by atoms with E-state index in [1.54, 1.807) is 19.2 Å². The van der Waals surface area contributed by atoms with E-state index >= 15 is 0 Å². The molecule has 0 amide bonds. The van der Waals surface area contributed by atoms with E-state index in [1.165, 1.54) is 0 Å².